The number of nitrogens with zero attached hydrogens (tertiary/aromatic N) is 1. The second kappa shape index (κ2) is 8.83. The molecule has 0 saturated carbocycles. The molecule has 0 aromatic heterocycles. The Labute approximate surface area is 144 Å². The molecule has 24 heavy (non-hydrogen) atoms. The minimum atomic E-state index is -0.639. The summed E-state index contributed by atoms with van der Waals surface area (Å²) in [6, 6.07) is 9.58. The molecule has 1 aromatic rings. The molecule has 0 bridgehead atoms. The van der Waals surface area contributed by atoms with Gasteiger partial charge in [0.1, 0.15) is 5.60 Å². The molecule has 0 N–H and O–H groups in total. The molecule has 1 rings (SSSR count). The van der Waals surface area contributed by atoms with Crippen LogP contribution in [0.25, 0.3) is 0 Å². The van der Waals surface area contributed by atoms with Gasteiger partial charge in [-0.1, -0.05) is 30.3 Å². The van der Waals surface area contributed by atoms with Crippen molar-refractivity contribution < 1.29 is 19.1 Å². The zero-order valence-corrected chi connectivity index (χ0v) is 15.5. The second-order valence-corrected chi connectivity index (χ2v) is 7.06. The van der Waals surface area contributed by atoms with E-state index in [2.05, 4.69) is 0 Å². The molecule has 2 atom stereocenters. The van der Waals surface area contributed by atoms with Crippen molar-refractivity contribution in [1.29, 1.82) is 0 Å². The molecule has 0 radical (unpaired) electrons. The third-order valence-electron chi connectivity index (χ3n) is 3.42. The predicted octanol–water partition coefficient (Wildman–Crippen LogP) is 4.15. The average Bonchev–Trinajstić information content (AvgIpc) is 2.43. The fraction of sp³-hybridized carbons (Fsp3) is 0.579. The Morgan fingerprint density at radius 2 is 1.71 bits per heavy atom. The number of imide groups is 1. The van der Waals surface area contributed by atoms with Crippen LogP contribution < -0.4 is 0 Å². The fourth-order valence-electron chi connectivity index (χ4n) is 2.40. The summed E-state index contributed by atoms with van der Waals surface area (Å²) in [5.74, 6) is -0.327. The maximum Gasteiger partial charge on any atom is 0.417 e. The van der Waals surface area contributed by atoms with Gasteiger partial charge in [0.25, 0.3) is 0 Å². The van der Waals surface area contributed by atoms with Gasteiger partial charge < -0.3 is 9.47 Å². The highest BCUT2D eigenvalue weighted by atomic mass is 16.6. The maximum atomic E-state index is 12.2. The molecule has 0 aliphatic heterocycles. The zero-order valence-electron chi connectivity index (χ0n) is 15.5. The average molecular weight is 335 g/mol. The van der Waals surface area contributed by atoms with Crippen LogP contribution in [0, 0.1) is 0 Å². The maximum absolute atomic E-state index is 12.2. The van der Waals surface area contributed by atoms with Gasteiger partial charge in [0.05, 0.1) is 12.7 Å². The van der Waals surface area contributed by atoms with Gasteiger partial charge in [-0.25, -0.2) is 9.69 Å². The summed E-state index contributed by atoms with van der Waals surface area (Å²) in [6.07, 6.45) is -0.159. The molecule has 2 amide bonds. The number of ether oxygens (including phenoxy) is 2. The largest absolute Gasteiger partial charge is 0.443 e. The first kappa shape index (κ1) is 20.2. The van der Waals surface area contributed by atoms with Gasteiger partial charge in [-0.3, -0.25) is 4.79 Å². The van der Waals surface area contributed by atoms with Crippen LogP contribution in [0.3, 0.4) is 0 Å². The molecule has 2 unspecified atom stereocenters. The van der Waals surface area contributed by atoms with Crippen LogP contribution in [-0.4, -0.2) is 34.6 Å². The minimum absolute atomic E-state index is 0.0931. The Kier molecular flexibility index (Phi) is 7.42. The van der Waals surface area contributed by atoms with Crippen molar-refractivity contribution in [3.63, 3.8) is 0 Å². The summed E-state index contributed by atoms with van der Waals surface area (Å²) in [5.41, 5.74) is 0.451. The molecule has 0 spiro atoms. The van der Waals surface area contributed by atoms with E-state index >= 15 is 0 Å². The fourth-order valence-corrected chi connectivity index (χ4v) is 2.40. The SMILES string of the molecule is CC(=O)N(C(=O)OC(C)(C)C)C(C)CC(C)OCc1ccccc1. The number of amides is 2. The van der Waals surface area contributed by atoms with Crippen LogP contribution in [-0.2, 0) is 20.9 Å². The molecule has 1 aromatic carbocycles. The summed E-state index contributed by atoms with van der Waals surface area (Å²) in [5, 5.41) is 0. The van der Waals surface area contributed by atoms with E-state index in [4.69, 9.17) is 9.47 Å². The lowest BCUT2D eigenvalue weighted by atomic mass is 10.1. The van der Waals surface area contributed by atoms with Crippen molar-refractivity contribution in [3.8, 4) is 0 Å². The minimum Gasteiger partial charge on any atom is -0.443 e. The van der Waals surface area contributed by atoms with Crippen molar-refractivity contribution in [2.75, 3.05) is 0 Å². The molecule has 0 fully saturated rings. The van der Waals surface area contributed by atoms with Gasteiger partial charge in [0, 0.05) is 13.0 Å². The van der Waals surface area contributed by atoms with Gasteiger partial charge in [0.2, 0.25) is 5.91 Å². The van der Waals surface area contributed by atoms with Gasteiger partial charge >= 0.3 is 6.09 Å². The van der Waals surface area contributed by atoms with E-state index in [1.807, 2.05) is 44.2 Å². The van der Waals surface area contributed by atoms with Crippen LogP contribution in [0.1, 0.15) is 53.5 Å². The molecular formula is C19H29NO4. The van der Waals surface area contributed by atoms with E-state index in [0.29, 0.717) is 13.0 Å². The lowest BCUT2D eigenvalue weighted by Gasteiger charge is -2.30. The first-order valence-electron chi connectivity index (χ1n) is 8.28. The molecule has 5 nitrogen and oxygen atoms in total. The highest BCUT2D eigenvalue weighted by molar-refractivity contribution is 5.91. The lowest BCUT2D eigenvalue weighted by Crippen LogP contribution is -2.46. The third-order valence-corrected chi connectivity index (χ3v) is 3.42. The van der Waals surface area contributed by atoms with Gasteiger partial charge in [-0.2, -0.15) is 0 Å². The summed E-state index contributed by atoms with van der Waals surface area (Å²) in [6.45, 7) is 11.0. The van der Waals surface area contributed by atoms with E-state index in [9.17, 15) is 9.59 Å². The highest BCUT2D eigenvalue weighted by Crippen LogP contribution is 2.16. The first-order chi connectivity index (χ1) is 11.1. The van der Waals surface area contributed by atoms with Crippen LogP contribution in [0.5, 0.6) is 0 Å². The van der Waals surface area contributed by atoms with Crippen molar-refractivity contribution >= 4 is 12.0 Å². The smallest absolute Gasteiger partial charge is 0.417 e. The Morgan fingerprint density at radius 1 is 1.12 bits per heavy atom. The van der Waals surface area contributed by atoms with Crippen molar-refractivity contribution in [2.45, 2.75) is 72.3 Å². The van der Waals surface area contributed by atoms with Gasteiger partial charge in [0.15, 0.2) is 0 Å². The second-order valence-electron chi connectivity index (χ2n) is 7.06. The number of carbonyl (C=O) groups excluding carboxylic acids is 2. The van der Waals surface area contributed by atoms with E-state index in [1.165, 1.54) is 6.92 Å². The van der Waals surface area contributed by atoms with E-state index in [0.717, 1.165) is 10.5 Å². The van der Waals surface area contributed by atoms with Crippen LogP contribution in [0.4, 0.5) is 4.79 Å². The van der Waals surface area contributed by atoms with Crippen LogP contribution >= 0.6 is 0 Å². The summed E-state index contributed by atoms with van der Waals surface area (Å²) in [7, 11) is 0. The predicted molar refractivity (Wildman–Crippen MR) is 93.5 cm³/mol. The number of rotatable bonds is 6. The topological polar surface area (TPSA) is 55.8 Å². The Bertz CT molecular complexity index is 536. The Balaban J connectivity index is 2.59. The number of hydrogen-bond donors (Lipinski definition) is 0. The lowest BCUT2D eigenvalue weighted by molar-refractivity contribution is -0.130. The molecule has 134 valence electrons. The van der Waals surface area contributed by atoms with E-state index in [-0.39, 0.29) is 18.1 Å². The standard InChI is InChI=1S/C19H29NO4/c1-14(20(16(3)21)18(22)24-19(4,5)6)12-15(2)23-13-17-10-8-7-9-11-17/h7-11,14-15H,12-13H2,1-6H3. The molecular weight excluding hydrogens is 306 g/mol. The van der Waals surface area contributed by atoms with E-state index in [1.54, 1.807) is 20.8 Å². The number of benzene rings is 1. The molecule has 0 heterocycles. The van der Waals surface area contributed by atoms with Gasteiger partial charge in [-0.15, -0.1) is 0 Å². The molecule has 0 aliphatic rings. The van der Waals surface area contributed by atoms with Crippen molar-refractivity contribution in [2.24, 2.45) is 0 Å². The monoisotopic (exact) mass is 335 g/mol. The van der Waals surface area contributed by atoms with Crippen molar-refractivity contribution in [1.82, 2.24) is 4.90 Å². The van der Waals surface area contributed by atoms with E-state index < -0.39 is 11.7 Å². The van der Waals surface area contributed by atoms with Crippen LogP contribution in [0.15, 0.2) is 30.3 Å². The molecule has 0 aliphatic carbocycles. The quantitative estimate of drug-likeness (QED) is 0.783. The highest BCUT2D eigenvalue weighted by Gasteiger charge is 2.30. The zero-order chi connectivity index (χ0) is 18.3. The number of carbonyl (C=O) groups is 2. The summed E-state index contributed by atoms with van der Waals surface area (Å²) >= 11 is 0. The third kappa shape index (κ3) is 7.13. The normalized spacial score (nSPS) is 13.9. The van der Waals surface area contributed by atoms with Gasteiger partial charge in [-0.05, 0) is 46.6 Å². The Hall–Kier alpha value is -1.88. The molecule has 5 heteroatoms. The summed E-state index contributed by atoms with van der Waals surface area (Å²) in [4.78, 5) is 25.3. The first-order valence-corrected chi connectivity index (χ1v) is 8.28. The number of hydrogen-bond acceptors (Lipinski definition) is 4. The van der Waals surface area contributed by atoms with Crippen molar-refractivity contribution in [3.05, 3.63) is 35.9 Å². The molecule has 0 saturated heterocycles. The summed E-state index contributed by atoms with van der Waals surface area (Å²) < 4.78 is 11.1. The van der Waals surface area contributed by atoms with Crippen LogP contribution in [0.2, 0.25) is 0 Å². The Morgan fingerprint density at radius 3 is 2.21 bits per heavy atom.